The SMILES string of the molecule is CN(C)c1cccc(C(=O)NCCNc2ccc(Nc3cccnc3)nn2)c1. The lowest BCUT2D eigenvalue weighted by Gasteiger charge is -2.13. The predicted molar refractivity (Wildman–Crippen MR) is 111 cm³/mol. The number of anilines is 4. The van der Waals surface area contributed by atoms with E-state index in [4.69, 9.17) is 0 Å². The number of nitrogens with one attached hydrogen (secondary N) is 3. The smallest absolute Gasteiger partial charge is 0.251 e. The van der Waals surface area contributed by atoms with Gasteiger partial charge in [-0.25, -0.2) is 0 Å². The highest BCUT2D eigenvalue weighted by Gasteiger charge is 2.06. The van der Waals surface area contributed by atoms with Crippen LogP contribution >= 0.6 is 0 Å². The van der Waals surface area contributed by atoms with Crippen molar-refractivity contribution < 1.29 is 4.79 Å². The van der Waals surface area contributed by atoms with Gasteiger partial charge in [-0.2, -0.15) is 0 Å². The molecule has 28 heavy (non-hydrogen) atoms. The molecule has 0 unspecified atom stereocenters. The van der Waals surface area contributed by atoms with Crippen molar-refractivity contribution in [1.82, 2.24) is 20.5 Å². The Kier molecular flexibility index (Phi) is 6.35. The van der Waals surface area contributed by atoms with E-state index >= 15 is 0 Å². The van der Waals surface area contributed by atoms with Crippen LogP contribution in [-0.4, -0.2) is 48.3 Å². The van der Waals surface area contributed by atoms with Crippen LogP contribution in [0.1, 0.15) is 10.4 Å². The van der Waals surface area contributed by atoms with E-state index < -0.39 is 0 Å². The standard InChI is InChI=1S/C20H23N7O/c1-27(2)17-7-3-5-15(13-17)20(28)23-12-11-22-18-8-9-19(26-25-18)24-16-6-4-10-21-14-16/h3-10,13-14H,11-12H2,1-2H3,(H,22,25)(H,23,28)(H,24,26). The third-order valence-electron chi connectivity index (χ3n) is 3.94. The molecule has 0 atom stereocenters. The van der Waals surface area contributed by atoms with Crippen molar-refractivity contribution in [2.75, 3.05) is 42.7 Å². The first-order valence-electron chi connectivity index (χ1n) is 8.92. The van der Waals surface area contributed by atoms with Gasteiger partial charge >= 0.3 is 0 Å². The highest BCUT2D eigenvalue weighted by Crippen LogP contribution is 2.14. The molecule has 3 N–H and O–H groups in total. The van der Waals surface area contributed by atoms with Crippen LogP contribution in [0, 0.1) is 0 Å². The van der Waals surface area contributed by atoms with Gasteiger partial charge < -0.3 is 20.9 Å². The third kappa shape index (κ3) is 5.41. The summed E-state index contributed by atoms with van der Waals surface area (Å²) in [6.45, 7) is 1.02. The lowest BCUT2D eigenvalue weighted by atomic mass is 10.2. The van der Waals surface area contributed by atoms with Crippen molar-refractivity contribution in [2.45, 2.75) is 0 Å². The second-order valence-electron chi connectivity index (χ2n) is 6.30. The zero-order valence-electron chi connectivity index (χ0n) is 15.9. The molecule has 3 rings (SSSR count). The Bertz CT molecular complexity index is 898. The molecule has 0 aliphatic heterocycles. The fourth-order valence-electron chi connectivity index (χ4n) is 2.47. The summed E-state index contributed by atoms with van der Waals surface area (Å²) in [5.74, 6) is 1.17. The van der Waals surface area contributed by atoms with Crippen LogP contribution in [0.2, 0.25) is 0 Å². The molecule has 2 heterocycles. The fourth-order valence-corrected chi connectivity index (χ4v) is 2.47. The molecule has 0 aliphatic carbocycles. The van der Waals surface area contributed by atoms with Gasteiger partial charge in [0.1, 0.15) is 5.82 Å². The van der Waals surface area contributed by atoms with Crippen molar-refractivity contribution in [3.8, 4) is 0 Å². The Balaban J connectivity index is 1.43. The lowest BCUT2D eigenvalue weighted by molar-refractivity contribution is 0.0955. The molecule has 0 saturated carbocycles. The molecule has 2 aromatic heterocycles. The molecule has 144 valence electrons. The van der Waals surface area contributed by atoms with Crippen LogP contribution in [0.5, 0.6) is 0 Å². The lowest BCUT2D eigenvalue weighted by Crippen LogP contribution is -2.29. The van der Waals surface area contributed by atoms with Gasteiger partial charge in [-0.1, -0.05) is 6.07 Å². The van der Waals surface area contributed by atoms with Crippen LogP contribution in [0.3, 0.4) is 0 Å². The number of hydrogen-bond donors (Lipinski definition) is 3. The maximum Gasteiger partial charge on any atom is 0.251 e. The Morgan fingerprint density at radius 2 is 1.82 bits per heavy atom. The summed E-state index contributed by atoms with van der Waals surface area (Å²) in [6, 6.07) is 14.9. The minimum absolute atomic E-state index is 0.104. The van der Waals surface area contributed by atoms with E-state index in [-0.39, 0.29) is 5.91 Å². The average molecular weight is 377 g/mol. The minimum Gasteiger partial charge on any atom is -0.378 e. The second kappa shape index (κ2) is 9.31. The molecule has 0 saturated heterocycles. The summed E-state index contributed by atoms with van der Waals surface area (Å²) >= 11 is 0. The number of hydrogen-bond acceptors (Lipinski definition) is 7. The van der Waals surface area contributed by atoms with Crippen molar-refractivity contribution in [3.05, 3.63) is 66.5 Å². The third-order valence-corrected chi connectivity index (χ3v) is 3.94. The van der Waals surface area contributed by atoms with Gasteiger partial charge in [-0.05, 0) is 42.5 Å². The highest BCUT2D eigenvalue weighted by molar-refractivity contribution is 5.95. The molecule has 1 amide bonds. The van der Waals surface area contributed by atoms with Gasteiger partial charge in [0.05, 0.1) is 11.9 Å². The zero-order chi connectivity index (χ0) is 19.8. The second-order valence-corrected chi connectivity index (χ2v) is 6.30. The van der Waals surface area contributed by atoms with Crippen molar-refractivity contribution in [2.24, 2.45) is 0 Å². The summed E-state index contributed by atoms with van der Waals surface area (Å²) in [5.41, 5.74) is 2.47. The van der Waals surface area contributed by atoms with Gasteiger partial charge in [0.2, 0.25) is 0 Å². The number of carbonyl (C=O) groups is 1. The Morgan fingerprint density at radius 1 is 1.00 bits per heavy atom. The van der Waals surface area contributed by atoms with Gasteiger partial charge in [0, 0.05) is 44.6 Å². The molecule has 0 aliphatic rings. The number of amides is 1. The fraction of sp³-hybridized carbons (Fsp3) is 0.200. The summed E-state index contributed by atoms with van der Waals surface area (Å²) in [5, 5.41) is 17.4. The van der Waals surface area contributed by atoms with E-state index in [9.17, 15) is 4.79 Å². The van der Waals surface area contributed by atoms with Crippen molar-refractivity contribution in [1.29, 1.82) is 0 Å². The van der Waals surface area contributed by atoms with Gasteiger partial charge in [-0.3, -0.25) is 9.78 Å². The molecule has 8 heteroatoms. The first-order chi connectivity index (χ1) is 13.6. The minimum atomic E-state index is -0.104. The number of rotatable bonds is 8. The molecule has 3 aromatic rings. The van der Waals surface area contributed by atoms with E-state index in [1.165, 1.54) is 0 Å². The topological polar surface area (TPSA) is 95.1 Å². The highest BCUT2D eigenvalue weighted by atomic mass is 16.1. The molecule has 0 radical (unpaired) electrons. The van der Waals surface area contributed by atoms with Gasteiger partial charge in [-0.15, -0.1) is 10.2 Å². The monoisotopic (exact) mass is 377 g/mol. The van der Waals surface area contributed by atoms with E-state index in [1.807, 2.05) is 61.5 Å². The van der Waals surface area contributed by atoms with Crippen LogP contribution in [0.25, 0.3) is 0 Å². The van der Waals surface area contributed by atoms with Crippen molar-refractivity contribution >= 4 is 28.9 Å². The molecular weight excluding hydrogens is 354 g/mol. The summed E-state index contributed by atoms with van der Waals surface area (Å²) < 4.78 is 0. The number of carbonyl (C=O) groups excluding carboxylic acids is 1. The molecule has 0 bridgehead atoms. The first kappa shape index (κ1) is 19.1. The van der Waals surface area contributed by atoms with Gasteiger partial charge in [0.25, 0.3) is 5.91 Å². The van der Waals surface area contributed by atoms with Crippen molar-refractivity contribution in [3.63, 3.8) is 0 Å². The zero-order valence-corrected chi connectivity index (χ0v) is 15.9. The van der Waals surface area contributed by atoms with E-state index in [0.717, 1.165) is 11.4 Å². The van der Waals surface area contributed by atoms with Gasteiger partial charge in [0.15, 0.2) is 5.82 Å². The van der Waals surface area contributed by atoms with Crippen LogP contribution < -0.4 is 20.9 Å². The number of benzene rings is 1. The van der Waals surface area contributed by atoms with E-state index in [1.54, 1.807) is 18.5 Å². The quantitative estimate of drug-likeness (QED) is 0.519. The average Bonchev–Trinajstić information content (AvgIpc) is 2.73. The maximum absolute atomic E-state index is 12.3. The molecule has 0 fully saturated rings. The van der Waals surface area contributed by atoms with Crippen LogP contribution in [0.15, 0.2) is 60.9 Å². The first-order valence-corrected chi connectivity index (χ1v) is 8.92. The van der Waals surface area contributed by atoms with E-state index in [0.29, 0.717) is 30.3 Å². The van der Waals surface area contributed by atoms with Crippen LogP contribution in [-0.2, 0) is 0 Å². The maximum atomic E-state index is 12.3. The number of nitrogens with zero attached hydrogens (tertiary/aromatic N) is 4. The van der Waals surface area contributed by atoms with Crippen LogP contribution in [0.4, 0.5) is 23.0 Å². The number of aromatic nitrogens is 3. The summed E-state index contributed by atoms with van der Waals surface area (Å²) in [6.07, 6.45) is 3.42. The Labute approximate surface area is 164 Å². The molecule has 0 spiro atoms. The predicted octanol–water partition coefficient (Wildman–Crippen LogP) is 2.52. The summed E-state index contributed by atoms with van der Waals surface area (Å²) in [7, 11) is 3.89. The Hall–Kier alpha value is -3.68. The molecule has 8 nitrogen and oxygen atoms in total. The normalized spacial score (nSPS) is 10.2. The Morgan fingerprint density at radius 3 is 2.54 bits per heavy atom. The summed E-state index contributed by atoms with van der Waals surface area (Å²) in [4.78, 5) is 18.3. The largest absolute Gasteiger partial charge is 0.378 e. The molecular formula is C20H23N7O. The number of pyridine rings is 1. The van der Waals surface area contributed by atoms with E-state index in [2.05, 4.69) is 31.1 Å². The molecule has 1 aromatic carbocycles.